The lowest BCUT2D eigenvalue weighted by molar-refractivity contribution is -0.115. The number of nitrogens with one attached hydrogen (secondary N) is 2. The number of amides is 1. The van der Waals surface area contributed by atoms with E-state index in [4.69, 9.17) is 0 Å². The van der Waals surface area contributed by atoms with E-state index < -0.39 is 0 Å². The molecular formula is C19H18N4OS. The Hall–Kier alpha value is -2.73. The average molecular weight is 350 g/mol. The molecule has 2 aromatic rings. The lowest BCUT2D eigenvalue weighted by Gasteiger charge is -2.16. The summed E-state index contributed by atoms with van der Waals surface area (Å²) in [4.78, 5) is 18.8. The van der Waals surface area contributed by atoms with E-state index in [9.17, 15) is 4.79 Å². The van der Waals surface area contributed by atoms with Crippen LogP contribution < -0.4 is 10.6 Å². The Morgan fingerprint density at radius 1 is 1.04 bits per heavy atom. The molecule has 0 fully saturated rings. The number of thioether (sulfide) groups is 1. The van der Waals surface area contributed by atoms with Crippen LogP contribution >= 0.6 is 11.8 Å². The lowest BCUT2D eigenvalue weighted by Crippen LogP contribution is -2.24. The van der Waals surface area contributed by atoms with Crippen molar-refractivity contribution in [2.24, 2.45) is 4.99 Å². The van der Waals surface area contributed by atoms with Crippen LogP contribution in [0.1, 0.15) is 6.42 Å². The lowest BCUT2D eigenvalue weighted by atomic mass is 10.2. The summed E-state index contributed by atoms with van der Waals surface area (Å²) in [6.07, 6.45) is 0.371. The highest BCUT2D eigenvalue weighted by atomic mass is 32.2. The van der Waals surface area contributed by atoms with E-state index in [1.54, 1.807) is 11.8 Å². The number of benzene rings is 2. The van der Waals surface area contributed by atoms with E-state index in [-0.39, 0.29) is 5.91 Å². The van der Waals surface area contributed by atoms with Gasteiger partial charge in [0.15, 0.2) is 5.17 Å². The van der Waals surface area contributed by atoms with Crippen molar-refractivity contribution in [3.63, 3.8) is 0 Å². The number of hydrogen-bond acceptors (Lipinski definition) is 5. The van der Waals surface area contributed by atoms with Crippen LogP contribution in [0.5, 0.6) is 0 Å². The molecule has 0 atom stereocenters. The molecule has 0 radical (unpaired) electrons. The Labute approximate surface area is 150 Å². The summed E-state index contributed by atoms with van der Waals surface area (Å²) in [5, 5.41) is 9.31. The summed E-state index contributed by atoms with van der Waals surface area (Å²) < 4.78 is 0. The number of carbonyl (C=O) groups is 1. The molecule has 0 saturated heterocycles. The van der Waals surface area contributed by atoms with Crippen molar-refractivity contribution >= 4 is 39.9 Å². The molecule has 25 heavy (non-hydrogen) atoms. The molecule has 4 rings (SSSR count). The number of nitrogens with zero attached hydrogens (tertiary/aromatic N) is 2. The van der Waals surface area contributed by atoms with Gasteiger partial charge in [0.05, 0.1) is 13.0 Å². The molecule has 2 N–H and O–H groups in total. The maximum atomic E-state index is 12.3. The number of anilines is 3. The number of amidine groups is 1. The summed E-state index contributed by atoms with van der Waals surface area (Å²) in [7, 11) is 0. The number of fused-ring (bicyclic) bond motifs is 1. The highest BCUT2D eigenvalue weighted by Crippen LogP contribution is 2.31. The SMILES string of the molecule is O=C(CC1=CSC2=NCCN12)Nc1ccc(Nc2ccccc2)cc1. The third-order valence-corrected chi connectivity index (χ3v) is 4.97. The molecular weight excluding hydrogens is 332 g/mol. The van der Waals surface area contributed by atoms with Crippen molar-refractivity contribution in [1.29, 1.82) is 0 Å². The predicted molar refractivity (Wildman–Crippen MR) is 104 cm³/mol. The van der Waals surface area contributed by atoms with Crippen LogP contribution in [0.2, 0.25) is 0 Å². The summed E-state index contributed by atoms with van der Waals surface area (Å²) in [6, 6.07) is 17.7. The highest BCUT2D eigenvalue weighted by molar-refractivity contribution is 8.16. The molecule has 0 unspecified atom stereocenters. The third-order valence-electron chi connectivity index (χ3n) is 4.02. The molecule has 0 spiro atoms. The molecule has 0 aliphatic carbocycles. The van der Waals surface area contributed by atoms with Crippen LogP contribution in [-0.4, -0.2) is 29.1 Å². The first-order valence-corrected chi connectivity index (χ1v) is 9.05. The number of carbonyl (C=O) groups excluding carboxylic acids is 1. The van der Waals surface area contributed by atoms with Crippen molar-refractivity contribution in [2.45, 2.75) is 6.42 Å². The zero-order chi connectivity index (χ0) is 17.1. The van der Waals surface area contributed by atoms with Gasteiger partial charge in [-0.1, -0.05) is 30.0 Å². The van der Waals surface area contributed by atoms with E-state index in [0.717, 1.165) is 41.0 Å². The molecule has 6 heteroatoms. The molecule has 2 aliphatic heterocycles. The second-order valence-electron chi connectivity index (χ2n) is 5.84. The monoisotopic (exact) mass is 350 g/mol. The summed E-state index contributed by atoms with van der Waals surface area (Å²) in [5.41, 5.74) is 3.84. The van der Waals surface area contributed by atoms with Gasteiger partial charge in [-0.05, 0) is 41.8 Å². The minimum absolute atomic E-state index is 0.0104. The maximum Gasteiger partial charge on any atom is 0.230 e. The van der Waals surface area contributed by atoms with E-state index in [0.29, 0.717) is 6.42 Å². The minimum atomic E-state index is -0.0104. The van der Waals surface area contributed by atoms with Gasteiger partial charge >= 0.3 is 0 Å². The van der Waals surface area contributed by atoms with Crippen molar-refractivity contribution in [1.82, 2.24) is 4.90 Å². The quantitative estimate of drug-likeness (QED) is 0.855. The van der Waals surface area contributed by atoms with Crippen molar-refractivity contribution < 1.29 is 4.79 Å². The van der Waals surface area contributed by atoms with Gasteiger partial charge in [0.1, 0.15) is 0 Å². The van der Waals surface area contributed by atoms with Crippen LogP contribution in [0.15, 0.2) is 70.7 Å². The van der Waals surface area contributed by atoms with E-state index >= 15 is 0 Å². The van der Waals surface area contributed by atoms with Crippen LogP contribution in [0.4, 0.5) is 17.1 Å². The van der Waals surface area contributed by atoms with Gasteiger partial charge in [0, 0.05) is 29.3 Å². The van der Waals surface area contributed by atoms with Crippen LogP contribution in [0.25, 0.3) is 0 Å². The minimum Gasteiger partial charge on any atom is -0.356 e. The number of aliphatic imine (C=N–C) groups is 1. The normalized spacial score (nSPS) is 15.4. The Kier molecular flexibility index (Phi) is 4.43. The topological polar surface area (TPSA) is 56.7 Å². The third kappa shape index (κ3) is 3.69. The maximum absolute atomic E-state index is 12.3. The largest absolute Gasteiger partial charge is 0.356 e. The number of hydrogen-bond donors (Lipinski definition) is 2. The fourth-order valence-electron chi connectivity index (χ4n) is 2.81. The summed E-state index contributed by atoms with van der Waals surface area (Å²) in [6.45, 7) is 1.69. The molecule has 0 bridgehead atoms. The second-order valence-corrected chi connectivity index (χ2v) is 6.67. The number of para-hydroxylation sites is 1. The van der Waals surface area contributed by atoms with Crippen LogP contribution in [-0.2, 0) is 4.79 Å². The van der Waals surface area contributed by atoms with E-state index in [1.807, 2.05) is 60.0 Å². The molecule has 2 aromatic carbocycles. The Balaban J connectivity index is 1.33. The Morgan fingerprint density at radius 2 is 1.76 bits per heavy atom. The van der Waals surface area contributed by atoms with Crippen LogP contribution in [0, 0.1) is 0 Å². The zero-order valence-corrected chi connectivity index (χ0v) is 14.4. The molecule has 126 valence electrons. The second kappa shape index (κ2) is 7.03. The van der Waals surface area contributed by atoms with Crippen molar-refractivity contribution in [2.75, 3.05) is 23.7 Å². The first kappa shape index (κ1) is 15.8. The molecule has 0 aromatic heterocycles. The van der Waals surface area contributed by atoms with Gasteiger partial charge < -0.3 is 15.5 Å². The molecule has 0 saturated carbocycles. The van der Waals surface area contributed by atoms with Gasteiger partial charge in [-0.2, -0.15) is 0 Å². The van der Waals surface area contributed by atoms with Gasteiger partial charge in [-0.25, -0.2) is 0 Å². The summed E-state index contributed by atoms with van der Waals surface area (Å²) in [5.74, 6) is -0.0104. The van der Waals surface area contributed by atoms with Crippen molar-refractivity contribution in [3.05, 3.63) is 65.7 Å². The zero-order valence-electron chi connectivity index (χ0n) is 13.6. The number of rotatable bonds is 5. The fraction of sp³-hybridized carbons (Fsp3) is 0.158. The van der Waals surface area contributed by atoms with Gasteiger partial charge in [0.25, 0.3) is 0 Å². The molecule has 5 nitrogen and oxygen atoms in total. The first-order chi connectivity index (χ1) is 12.3. The first-order valence-electron chi connectivity index (χ1n) is 8.18. The highest BCUT2D eigenvalue weighted by Gasteiger charge is 2.27. The van der Waals surface area contributed by atoms with Gasteiger partial charge in [-0.15, -0.1) is 0 Å². The Morgan fingerprint density at radius 3 is 2.56 bits per heavy atom. The predicted octanol–water partition coefficient (Wildman–Crippen LogP) is 4.02. The van der Waals surface area contributed by atoms with E-state index in [2.05, 4.69) is 20.5 Å². The van der Waals surface area contributed by atoms with Gasteiger partial charge in [-0.3, -0.25) is 9.79 Å². The molecule has 2 aliphatic rings. The standard InChI is InChI=1S/C19H18N4OS/c24-18(12-17-13-25-19-20-10-11-23(17)19)22-16-8-6-15(7-9-16)21-14-4-2-1-3-5-14/h1-9,13,21H,10-12H2,(H,22,24). The fourth-order valence-corrected chi connectivity index (χ4v) is 3.76. The van der Waals surface area contributed by atoms with E-state index in [1.165, 1.54) is 0 Å². The van der Waals surface area contributed by atoms with Crippen molar-refractivity contribution in [3.8, 4) is 0 Å². The van der Waals surface area contributed by atoms with Gasteiger partial charge in [0.2, 0.25) is 5.91 Å². The Bertz CT molecular complexity index is 830. The average Bonchev–Trinajstić information content (AvgIpc) is 3.23. The molecule has 2 heterocycles. The summed E-state index contributed by atoms with van der Waals surface area (Å²) >= 11 is 1.60. The smallest absolute Gasteiger partial charge is 0.230 e. The molecule has 1 amide bonds. The van der Waals surface area contributed by atoms with Crippen LogP contribution in [0.3, 0.4) is 0 Å².